The number of carbonyl (C=O) groups is 2. The van der Waals surface area contributed by atoms with Crippen LogP contribution in [0.5, 0.6) is 0 Å². The van der Waals surface area contributed by atoms with Gasteiger partial charge in [-0.2, -0.15) is 0 Å². The molecule has 0 aliphatic carbocycles. The number of anilines is 1. The van der Waals surface area contributed by atoms with Crippen molar-refractivity contribution in [2.75, 3.05) is 11.9 Å². The lowest BCUT2D eigenvalue weighted by atomic mass is 10.1. The molecule has 0 bridgehead atoms. The van der Waals surface area contributed by atoms with E-state index in [4.69, 9.17) is 4.74 Å². The molecule has 0 atom stereocenters. The van der Waals surface area contributed by atoms with Gasteiger partial charge in [-0.3, -0.25) is 4.79 Å². The van der Waals surface area contributed by atoms with Gasteiger partial charge in [-0.05, 0) is 30.5 Å². The summed E-state index contributed by atoms with van der Waals surface area (Å²) in [7, 11) is 0. The Kier molecular flexibility index (Phi) is 6.03. The minimum Gasteiger partial charge on any atom is -0.461 e. The maximum atomic E-state index is 12.9. The van der Waals surface area contributed by atoms with E-state index in [0.717, 1.165) is 11.3 Å². The van der Waals surface area contributed by atoms with Crippen molar-refractivity contribution < 1.29 is 18.7 Å². The SMILES string of the molecule is Cc1nc(NC(=O)Cc2ccc(F)cc2)sc1C(=O)OCC(C)C. The van der Waals surface area contributed by atoms with Gasteiger partial charge in [0, 0.05) is 0 Å². The zero-order valence-electron chi connectivity index (χ0n) is 13.8. The molecule has 0 unspecified atom stereocenters. The highest BCUT2D eigenvalue weighted by Crippen LogP contribution is 2.23. The van der Waals surface area contributed by atoms with Crippen molar-refractivity contribution in [3.05, 3.63) is 46.2 Å². The topological polar surface area (TPSA) is 68.3 Å². The third kappa shape index (κ3) is 5.13. The summed E-state index contributed by atoms with van der Waals surface area (Å²) in [5, 5.41) is 3.00. The first kappa shape index (κ1) is 18.1. The van der Waals surface area contributed by atoms with Crippen LogP contribution in [0.15, 0.2) is 24.3 Å². The molecule has 1 heterocycles. The van der Waals surface area contributed by atoms with Gasteiger partial charge in [0.2, 0.25) is 5.91 Å². The summed E-state index contributed by atoms with van der Waals surface area (Å²) in [4.78, 5) is 28.6. The fourth-order valence-corrected chi connectivity index (χ4v) is 2.77. The number of benzene rings is 1. The molecule has 7 heteroatoms. The van der Waals surface area contributed by atoms with Crippen molar-refractivity contribution in [3.8, 4) is 0 Å². The highest BCUT2D eigenvalue weighted by molar-refractivity contribution is 7.17. The lowest BCUT2D eigenvalue weighted by Crippen LogP contribution is -2.14. The van der Waals surface area contributed by atoms with E-state index < -0.39 is 5.97 Å². The van der Waals surface area contributed by atoms with Crippen molar-refractivity contribution in [3.63, 3.8) is 0 Å². The van der Waals surface area contributed by atoms with E-state index in [1.807, 2.05) is 13.8 Å². The van der Waals surface area contributed by atoms with Crippen molar-refractivity contribution in [2.45, 2.75) is 27.2 Å². The molecule has 0 radical (unpaired) electrons. The molecule has 0 aliphatic heterocycles. The smallest absolute Gasteiger partial charge is 0.350 e. The Morgan fingerprint density at radius 1 is 1.29 bits per heavy atom. The molecule has 1 N–H and O–H groups in total. The van der Waals surface area contributed by atoms with Crippen LogP contribution in [0.3, 0.4) is 0 Å². The molecule has 1 aromatic heterocycles. The van der Waals surface area contributed by atoms with Gasteiger partial charge in [-0.1, -0.05) is 37.3 Å². The van der Waals surface area contributed by atoms with Gasteiger partial charge in [0.25, 0.3) is 0 Å². The fraction of sp³-hybridized carbons (Fsp3) is 0.353. The number of esters is 1. The molecule has 0 spiro atoms. The van der Waals surface area contributed by atoms with Crippen molar-refractivity contribution in [1.82, 2.24) is 4.98 Å². The minimum absolute atomic E-state index is 0.103. The molecule has 24 heavy (non-hydrogen) atoms. The van der Waals surface area contributed by atoms with E-state index in [9.17, 15) is 14.0 Å². The fourth-order valence-electron chi connectivity index (χ4n) is 1.90. The number of hydrogen-bond acceptors (Lipinski definition) is 5. The number of rotatable bonds is 6. The van der Waals surface area contributed by atoms with Gasteiger partial charge in [-0.15, -0.1) is 0 Å². The first-order valence-electron chi connectivity index (χ1n) is 7.54. The number of thiazole rings is 1. The maximum Gasteiger partial charge on any atom is 0.350 e. The molecule has 2 rings (SSSR count). The van der Waals surface area contributed by atoms with Crippen molar-refractivity contribution >= 4 is 28.3 Å². The predicted molar refractivity (Wildman–Crippen MR) is 90.7 cm³/mol. The van der Waals surface area contributed by atoms with E-state index >= 15 is 0 Å². The number of aryl methyl sites for hydroxylation is 1. The first-order chi connectivity index (χ1) is 11.3. The Hall–Kier alpha value is -2.28. The molecule has 2 aromatic rings. The van der Waals surface area contributed by atoms with Crippen LogP contribution in [0.2, 0.25) is 0 Å². The summed E-state index contributed by atoms with van der Waals surface area (Å²) in [5.74, 6) is -0.813. The van der Waals surface area contributed by atoms with Crippen LogP contribution in [0, 0.1) is 18.7 Å². The van der Waals surface area contributed by atoms with E-state index in [0.29, 0.717) is 27.9 Å². The summed E-state index contributed by atoms with van der Waals surface area (Å²) in [6, 6.07) is 5.71. The van der Waals surface area contributed by atoms with Crippen LogP contribution in [0.25, 0.3) is 0 Å². The van der Waals surface area contributed by atoms with Crippen molar-refractivity contribution in [2.24, 2.45) is 5.92 Å². The Labute approximate surface area is 143 Å². The number of nitrogens with one attached hydrogen (secondary N) is 1. The van der Waals surface area contributed by atoms with Crippen LogP contribution in [-0.4, -0.2) is 23.5 Å². The Bertz CT molecular complexity index is 726. The van der Waals surface area contributed by atoms with Crippen LogP contribution in [-0.2, 0) is 16.0 Å². The predicted octanol–water partition coefficient (Wildman–Crippen LogP) is 3.58. The zero-order valence-corrected chi connectivity index (χ0v) is 14.6. The average molecular weight is 350 g/mol. The van der Waals surface area contributed by atoms with Crippen LogP contribution in [0.1, 0.15) is 34.8 Å². The second kappa shape index (κ2) is 8.01. The first-order valence-corrected chi connectivity index (χ1v) is 8.35. The van der Waals surface area contributed by atoms with Gasteiger partial charge in [0.15, 0.2) is 5.13 Å². The van der Waals surface area contributed by atoms with E-state index in [1.54, 1.807) is 19.1 Å². The van der Waals surface area contributed by atoms with Gasteiger partial charge in [-0.25, -0.2) is 14.2 Å². The normalized spacial score (nSPS) is 10.7. The van der Waals surface area contributed by atoms with Crippen LogP contribution < -0.4 is 5.32 Å². The summed E-state index contributed by atoms with van der Waals surface area (Å²) in [6.07, 6.45) is 0.103. The monoisotopic (exact) mass is 350 g/mol. The van der Waals surface area contributed by atoms with Gasteiger partial charge in [0.1, 0.15) is 10.7 Å². The van der Waals surface area contributed by atoms with E-state index in [2.05, 4.69) is 10.3 Å². The molecular formula is C17H19FN2O3S. The Balaban J connectivity index is 1.97. The minimum atomic E-state index is -0.433. The molecule has 1 amide bonds. The summed E-state index contributed by atoms with van der Waals surface area (Å²) in [6.45, 7) is 5.93. The molecule has 0 saturated carbocycles. The second-order valence-corrected chi connectivity index (χ2v) is 6.78. The quantitative estimate of drug-likeness (QED) is 0.809. The van der Waals surface area contributed by atoms with Crippen molar-refractivity contribution in [1.29, 1.82) is 0 Å². The number of amides is 1. The highest BCUT2D eigenvalue weighted by Gasteiger charge is 2.18. The third-order valence-electron chi connectivity index (χ3n) is 3.05. The number of carbonyl (C=O) groups excluding carboxylic acids is 2. The standard InChI is InChI=1S/C17H19FN2O3S/c1-10(2)9-23-16(22)15-11(3)19-17(24-15)20-14(21)8-12-4-6-13(18)7-5-12/h4-7,10H,8-9H2,1-3H3,(H,19,20,21). The summed E-state index contributed by atoms with van der Waals surface area (Å²) < 4.78 is 18.0. The average Bonchev–Trinajstić information content (AvgIpc) is 2.87. The molecule has 5 nitrogen and oxygen atoms in total. The van der Waals surface area contributed by atoms with Crippen LogP contribution >= 0.6 is 11.3 Å². The van der Waals surface area contributed by atoms with Crippen LogP contribution in [0.4, 0.5) is 9.52 Å². The zero-order chi connectivity index (χ0) is 17.7. The molecule has 0 fully saturated rings. The van der Waals surface area contributed by atoms with Gasteiger partial charge < -0.3 is 10.1 Å². The number of halogens is 1. The van der Waals surface area contributed by atoms with Gasteiger partial charge >= 0.3 is 5.97 Å². The molecule has 128 valence electrons. The third-order valence-corrected chi connectivity index (χ3v) is 4.11. The molecule has 0 saturated heterocycles. The lowest BCUT2D eigenvalue weighted by molar-refractivity contribution is -0.115. The summed E-state index contributed by atoms with van der Waals surface area (Å²) >= 11 is 1.08. The molecule has 0 aliphatic rings. The maximum absolute atomic E-state index is 12.9. The lowest BCUT2D eigenvalue weighted by Gasteiger charge is -2.05. The van der Waals surface area contributed by atoms with E-state index in [1.165, 1.54) is 12.1 Å². The number of nitrogens with zero attached hydrogens (tertiary/aromatic N) is 1. The second-order valence-electron chi connectivity index (χ2n) is 5.78. The number of ether oxygens (including phenoxy) is 1. The molecule has 1 aromatic carbocycles. The Morgan fingerprint density at radius 2 is 1.96 bits per heavy atom. The van der Waals surface area contributed by atoms with E-state index in [-0.39, 0.29) is 24.1 Å². The number of hydrogen-bond donors (Lipinski definition) is 1. The summed E-state index contributed by atoms with van der Waals surface area (Å²) in [5.41, 5.74) is 1.21. The molecular weight excluding hydrogens is 331 g/mol. The Morgan fingerprint density at radius 3 is 2.58 bits per heavy atom. The number of aromatic nitrogens is 1. The highest BCUT2D eigenvalue weighted by atomic mass is 32.1. The largest absolute Gasteiger partial charge is 0.461 e. The van der Waals surface area contributed by atoms with Gasteiger partial charge in [0.05, 0.1) is 18.7 Å².